The van der Waals surface area contributed by atoms with Crippen LogP contribution in [0.25, 0.3) is 39.2 Å². The number of fused-ring (bicyclic) bond motifs is 1. The second kappa shape index (κ2) is 10.4. The fourth-order valence-electron chi connectivity index (χ4n) is 5.95. The summed E-state index contributed by atoms with van der Waals surface area (Å²) in [5.74, 6) is 1.96. The number of nitrogens with zero attached hydrogens (tertiary/aromatic N) is 2. The number of hydrogen-bond acceptors (Lipinski definition) is 0. The van der Waals surface area contributed by atoms with Crippen molar-refractivity contribution >= 4 is 11.0 Å². The van der Waals surface area contributed by atoms with Gasteiger partial charge in [0.1, 0.15) is 5.69 Å². The Morgan fingerprint density at radius 1 is 0.700 bits per heavy atom. The topological polar surface area (TPSA) is 8.81 Å². The van der Waals surface area contributed by atoms with Crippen LogP contribution in [0.4, 0.5) is 0 Å². The molecule has 0 N–H and O–H groups in total. The maximum absolute atomic E-state index is 2.58. The molecule has 5 rings (SSSR count). The number of aromatic nitrogens is 2. The molecule has 0 radical (unpaired) electrons. The molecule has 0 unspecified atom stereocenters. The summed E-state index contributed by atoms with van der Waals surface area (Å²) in [6.07, 6.45) is 0. The van der Waals surface area contributed by atoms with Gasteiger partial charge in [-0.1, -0.05) is 97.0 Å². The van der Waals surface area contributed by atoms with E-state index in [1.54, 1.807) is 0 Å². The third kappa shape index (κ3) is 4.89. The van der Waals surface area contributed by atoms with E-state index in [-0.39, 0.29) is 5.41 Å². The van der Waals surface area contributed by atoms with E-state index in [2.05, 4.69) is 157 Å². The first-order valence-corrected chi connectivity index (χ1v) is 14.7. The van der Waals surface area contributed by atoms with Gasteiger partial charge < -0.3 is 0 Å². The van der Waals surface area contributed by atoms with Gasteiger partial charge in [-0.2, -0.15) is 4.57 Å². The molecule has 0 saturated carbocycles. The zero-order valence-corrected chi connectivity index (χ0v) is 26.1. The van der Waals surface area contributed by atoms with Gasteiger partial charge in [-0.25, -0.2) is 4.57 Å². The molecule has 2 heteroatoms. The predicted octanol–water partition coefficient (Wildman–Crippen LogP) is 9.95. The van der Waals surface area contributed by atoms with Crippen molar-refractivity contribution in [1.82, 2.24) is 4.57 Å². The maximum atomic E-state index is 2.58. The summed E-state index contributed by atoms with van der Waals surface area (Å²) in [4.78, 5) is 0. The van der Waals surface area contributed by atoms with Crippen LogP contribution in [-0.2, 0) is 12.5 Å². The molecule has 0 aliphatic carbocycles. The van der Waals surface area contributed by atoms with E-state index < -0.39 is 0 Å². The third-order valence-corrected chi connectivity index (χ3v) is 8.35. The molecule has 206 valence electrons. The van der Waals surface area contributed by atoms with Crippen LogP contribution in [0, 0.1) is 13.8 Å². The lowest BCUT2D eigenvalue weighted by atomic mass is 9.85. The van der Waals surface area contributed by atoms with E-state index in [0.29, 0.717) is 11.8 Å². The van der Waals surface area contributed by atoms with Crippen molar-refractivity contribution in [2.24, 2.45) is 7.05 Å². The molecule has 40 heavy (non-hydrogen) atoms. The largest absolute Gasteiger partial charge is 0.295 e. The van der Waals surface area contributed by atoms with Gasteiger partial charge in [0.2, 0.25) is 0 Å². The van der Waals surface area contributed by atoms with Crippen LogP contribution >= 0.6 is 0 Å². The summed E-state index contributed by atoms with van der Waals surface area (Å²) < 4.78 is 4.99. The van der Waals surface area contributed by atoms with Crippen molar-refractivity contribution < 1.29 is 4.57 Å². The zero-order valence-electron chi connectivity index (χ0n) is 26.1. The first-order valence-electron chi connectivity index (χ1n) is 14.7. The normalized spacial score (nSPS) is 12.2. The van der Waals surface area contributed by atoms with E-state index >= 15 is 0 Å². The predicted molar refractivity (Wildman–Crippen MR) is 172 cm³/mol. The van der Waals surface area contributed by atoms with Gasteiger partial charge in [0.25, 0.3) is 5.82 Å². The highest BCUT2D eigenvalue weighted by Crippen LogP contribution is 2.40. The minimum Gasteiger partial charge on any atom is -0.225 e. The number of imidazole rings is 1. The average Bonchev–Trinajstić information content (AvgIpc) is 3.18. The van der Waals surface area contributed by atoms with Crippen LogP contribution in [0.1, 0.15) is 88.1 Å². The van der Waals surface area contributed by atoms with Gasteiger partial charge in [0.05, 0.1) is 12.6 Å². The molecule has 0 fully saturated rings. The SMILES string of the molecule is Cc1ccc2c(c1)n(-c1c(C(C)C)cc(-c3ccccc3)cc1C(C)C)c(-c1cc(C(C)(C)C)ccc1C)[n+]2C. The van der Waals surface area contributed by atoms with E-state index in [0.717, 1.165) is 0 Å². The summed E-state index contributed by atoms with van der Waals surface area (Å²) in [6.45, 7) is 20.7. The minimum atomic E-state index is 0.0674. The van der Waals surface area contributed by atoms with E-state index in [9.17, 15) is 0 Å². The number of aryl methyl sites for hydroxylation is 3. The third-order valence-electron chi connectivity index (χ3n) is 8.35. The van der Waals surface area contributed by atoms with Crippen molar-refractivity contribution in [3.8, 4) is 28.2 Å². The van der Waals surface area contributed by atoms with Crippen LogP contribution in [0.5, 0.6) is 0 Å². The van der Waals surface area contributed by atoms with E-state index in [1.807, 2.05) is 0 Å². The van der Waals surface area contributed by atoms with Crippen LogP contribution < -0.4 is 4.57 Å². The van der Waals surface area contributed by atoms with Crippen molar-refractivity contribution in [3.05, 3.63) is 107 Å². The smallest absolute Gasteiger partial charge is 0.225 e. The maximum Gasteiger partial charge on any atom is 0.295 e. The quantitative estimate of drug-likeness (QED) is 0.200. The highest BCUT2D eigenvalue weighted by molar-refractivity contribution is 5.82. The second-order valence-electron chi connectivity index (χ2n) is 13.2. The molecule has 0 aliphatic heterocycles. The fourth-order valence-corrected chi connectivity index (χ4v) is 5.95. The van der Waals surface area contributed by atoms with Crippen LogP contribution in [0.2, 0.25) is 0 Å². The average molecular weight is 530 g/mol. The molecule has 5 aromatic rings. The van der Waals surface area contributed by atoms with E-state index in [4.69, 9.17) is 0 Å². The minimum absolute atomic E-state index is 0.0674. The van der Waals surface area contributed by atoms with Gasteiger partial charge >= 0.3 is 0 Å². The Morgan fingerprint density at radius 3 is 1.90 bits per heavy atom. The van der Waals surface area contributed by atoms with Gasteiger partial charge in [0, 0.05) is 11.1 Å². The Morgan fingerprint density at radius 2 is 1.32 bits per heavy atom. The summed E-state index contributed by atoms with van der Waals surface area (Å²) in [6, 6.07) is 29.6. The Bertz CT molecular complexity index is 1660. The zero-order chi connectivity index (χ0) is 28.9. The van der Waals surface area contributed by atoms with Crippen molar-refractivity contribution in [1.29, 1.82) is 0 Å². The molecule has 0 spiro atoms. The first kappa shape index (κ1) is 27.9. The summed E-state index contributed by atoms with van der Waals surface area (Å²) in [5, 5.41) is 0. The molecule has 0 atom stereocenters. The van der Waals surface area contributed by atoms with E-state index in [1.165, 1.54) is 67.1 Å². The van der Waals surface area contributed by atoms with Crippen molar-refractivity contribution in [3.63, 3.8) is 0 Å². The molecule has 0 saturated heterocycles. The molecule has 0 amide bonds. The Labute approximate surface area is 241 Å². The Hall–Kier alpha value is -3.65. The first-order chi connectivity index (χ1) is 18.9. The lowest BCUT2D eigenvalue weighted by Crippen LogP contribution is -2.31. The van der Waals surface area contributed by atoms with Crippen LogP contribution in [0.3, 0.4) is 0 Å². The van der Waals surface area contributed by atoms with Gasteiger partial charge in [0.15, 0.2) is 11.0 Å². The highest BCUT2D eigenvalue weighted by atomic mass is 15.2. The fraction of sp³-hybridized carbons (Fsp3) is 0.342. The summed E-state index contributed by atoms with van der Waals surface area (Å²) >= 11 is 0. The molecule has 0 aliphatic rings. The Balaban J connectivity index is 1.96. The van der Waals surface area contributed by atoms with Crippen molar-refractivity contribution in [2.45, 2.75) is 79.6 Å². The lowest BCUT2D eigenvalue weighted by molar-refractivity contribution is -0.633. The standard InChI is InChI=1S/C38H45N2/c1-24(2)31-21-29(28-14-12-11-13-15-28)22-32(25(3)4)36(31)40-35-20-26(5)16-19-34(35)39(10)37(40)33-23-30(38(7,8)9)18-17-27(33)6/h11-25H,1-10H3/q+1. The summed E-state index contributed by atoms with van der Waals surface area (Å²) in [7, 11) is 2.23. The Kier molecular flexibility index (Phi) is 7.25. The molecule has 0 bridgehead atoms. The van der Waals surface area contributed by atoms with Gasteiger partial charge in [-0.05, 0) is 89.2 Å². The number of benzene rings is 4. The monoisotopic (exact) mass is 529 g/mol. The molecule has 1 aromatic heterocycles. The van der Waals surface area contributed by atoms with Gasteiger partial charge in [-0.3, -0.25) is 0 Å². The van der Waals surface area contributed by atoms with Gasteiger partial charge in [-0.15, -0.1) is 0 Å². The number of hydrogen-bond donors (Lipinski definition) is 0. The van der Waals surface area contributed by atoms with Crippen LogP contribution in [0.15, 0.2) is 78.9 Å². The lowest BCUT2D eigenvalue weighted by Gasteiger charge is -2.22. The summed E-state index contributed by atoms with van der Waals surface area (Å²) in [5.41, 5.74) is 14.5. The van der Waals surface area contributed by atoms with Crippen LogP contribution in [-0.4, -0.2) is 4.57 Å². The molecule has 2 nitrogen and oxygen atoms in total. The highest BCUT2D eigenvalue weighted by Gasteiger charge is 2.32. The molecular formula is C38H45N2+. The molecular weight excluding hydrogens is 484 g/mol. The second-order valence-corrected chi connectivity index (χ2v) is 13.2. The number of rotatable bonds is 5. The molecule has 4 aromatic carbocycles. The molecule has 1 heterocycles. The van der Waals surface area contributed by atoms with Crippen molar-refractivity contribution in [2.75, 3.05) is 0 Å².